The van der Waals surface area contributed by atoms with Gasteiger partial charge in [-0.15, -0.1) is 11.8 Å². The zero-order valence-corrected chi connectivity index (χ0v) is 16.8. The second kappa shape index (κ2) is 6.96. The smallest absolute Gasteiger partial charge is 0.261 e. The van der Waals surface area contributed by atoms with Crippen LogP contribution in [0.4, 0.5) is 11.4 Å². The summed E-state index contributed by atoms with van der Waals surface area (Å²) in [5.41, 5.74) is 3.97. The highest BCUT2D eigenvalue weighted by molar-refractivity contribution is 8.00. The predicted molar refractivity (Wildman–Crippen MR) is 106 cm³/mol. The fourth-order valence-corrected chi connectivity index (χ4v) is 5.41. The zero-order chi connectivity index (χ0) is 19.1. The van der Waals surface area contributed by atoms with Crippen LogP contribution in [-0.2, 0) is 14.8 Å². The highest BCUT2D eigenvalue weighted by atomic mass is 32.2. The van der Waals surface area contributed by atoms with Gasteiger partial charge in [0, 0.05) is 16.6 Å². The molecule has 2 aromatic rings. The van der Waals surface area contributed by atoms with E-state index in [0.29, 0.717) is 17.8 Å². The molecule has 0 bridgehead atoms. The first-order valence-electron chi connectivity index (χ1n) is 8.37. The fraction of sp³-hybridized carbons (Fsp3) is 0.316. The van der Waals surface area contributed by atoms with Crippen LogP contribution in [0.3, 0.4) is 0 Å². The molecule has 0 saturated carbocycles. The molecule has 7 heteroatoms. The number of benzene rings is 2. The van der Waals surface area contributed by atoms with E-state index in [1.165, 1.54) is 6.07 Å². The third-order valence-electron chi connectivity index (χ3n) is 4.25. The Bertz CT molecular complexity index is 961. The summed E-state index contributed by atoms with van der Waals surface area (Å²) in [7, 11) is -3.76. The molecule has 0 saturated heterocycles. The molecule has 0 fully saturated rings. The van der Waals surface area contributed by atoms with Crippen LogP contribution in [0.25, 0.3) is 0 Å². The summed E-state index contributed by atoms with van der Waals surface area (Å²) in [5.74, 6) is -0.100. The van der Waals surface area contributed by atoms with E-state index in [9.17, 15) is 13.2 Å². The van der Waals surface area contributed by atoms with Gasteiger partial charge in [0.25, 0.3) is 10.0 Å². The number of rotatable bonds is 3. The minimum atomic E-state index is -3.76. The summed E-state index contributed by atoms with van der Waals surface area (Å²) in [5, 5.41) is 2.96. The van der Waals surface area contributed by atoms with Crippen molar-refractivity contribution in [3.05, 3.63) is 47.0 Å². The number of thioether (sulfide) groups is 1. The molecule has 5 nitrogen and oxygen atoms in total. The lowest BCUT2D eigenvalue weighted by Gasteiger charge is -2.15. The van der Waals surface area contributed by atoms with Gasteiger partial charge >= 0.3 is 0 Å². The normalized spacial score (nSPS) is 17.2. The molecular weight excluding hydrogens is 368 g/mol. The zero-order valence-electron chi connectivity index (χ0n) is 15.2. The van der Waals surface area contributed by atoms with Crippen LogP contribution in [0.15, 0.2) is 40.1 Å². The molecule has 2 aromatic carbocycles. The first-order chi connectivity index (χ1) is 12.2. The maximum absolute atomic E-state index is 12.9. The number of hydrogen-bond donors (Lipinski definition) is 2. The van der Waals surface area contributed by atoms with Crippen molar-refractivity contribution in [3.63, 3.8) is 0 Å². The lowest BCUT2D eigenvalue weighted by atomic mass is 10.1. The van der Waals surface area contributed by atoms with Gasteiger partial charge < -0.3 is 5.32 Å². The molecule has 1 heterocycles. The van der Waals surface area contributed by atoms with E-state index in [2.05, 4.69) is 10.0 Å². The van der Waals surface area contributed by atoms with Gasteiger partial charge in [0.05, 0.1) is 16.3 Å². The number of carbonyl (C=O) groups is 1. The number of sulfonamides is 1. The Morgan fingerprint density at radius 1 is 1.12 bits per heavy atom. The lowest BCUT2D eigenvalue weighted by molar-refractivity contribution is -0.116. The van der Waals surface area contributed by atoms with Crippen LogP contribution < -0.4 is 10.0 Å². The van der Waals surface area contributed by atoms with Crippen molar-refractivity contribution in [1.82, 2.24) is 0 Å². The minimum absolute atomic E-state index is 0.100. The quantitative estimate of drug-likeness (QED) is 0.822. The molecule has 138 valence electrons. The van der Waals surface area contributed by atoms with Gasteiger partial charge in [-0.05, 0) is 50.1 Å². The Kier molecular flexibility index (Phi) is 5.03. The third-order valence-corrected chi connectivity index (χ3v) is 6.78. The van der Waals surface area contributed by atoms with Gasteiger partial charge in [-0.25, -0.2) is 8.42 Å². The summed E-state index contributed by atoms with van der Waals surface area (Å²) >= 11 is 1.57. The Hall–Kier alpha value is -1.99. The standard InChI is InChI=1S/C19H22N2O3S2/c1-11-7-12(2)19(13(3)8-11)21-26(23,24)15-5-6-17-16(10-15)20-18(22)9-14(4)25-17/h5-8,10,14,21H,9H2,1-4H3,(H,20,22)/t14-/m0/s1. The van der Waals surface area contributed by atoms with Crippen LogP contribution >= 0.6 is 11.8 Å². The van der Waals surface area contributed by atoms with Crippen LogP contribution in [0.5, 0.6) is 0 Å². The topological polar surface area (TPSA) is 75.3 Å². The largest absolute Gasteiger partial charge is 0.325 e. The third kappa shape index (κ3) is 3.88. The number of anilines is 2. The highest BCUT2D eigenvalue weighted by Gasteiger charge is 2.23. The first-order valence-corrected chi connectivity index (χ1v) is 10.7. The summed E-state index contributed by atoms with van der Waals surface area (Å²) < 4.78 is 28.4. The Balaban J connectivity index is 1.97. The van der Waals surface area contributed by atoms with Crippen molar-refractivity contribution in [2.45, 2.75) is 49.2 Å². The van der Waals surface area contributed by atoms with E-state index in [1.54, 1.807) is 23.9 Å². The van der Waals surface area contributed by atoms with Crippen molar-refractivity contribution in [1.29, 1.82) is 0 Å². The second-order valence-corrected chi connectivity index (χ2v) is 9.88. The van der Waals surface area contributed by atoms with Crippen LogP contribution in [0, 0.1) is 20.8 Å². The molecule has 0 radical (unpaired) electrons. The maximum Gasteiger partial charge on any atom is 0.261 e. The van der Waals surface area contributed by atoms with Gasteiger partial charge in [0.15, 0.2) is 0 Å². The van der Waals surface area contributed by atoms with Crippen LogP contribution in [0.1, 0.15) is 30.0 Å². The average molecular weight is 391 g/mol. The SMILES string of the molecule is Cc1cc(C)c(NS(=O)(=O)c2ccc3c(c2)NC(=O)C[C@H](C)S3)c(C)c1. The van der Waals surface area contributed by atoms with Crippen molar-refractivity contribution in [2.24, 2.45) is 0 Å². The van der Waals surface area contributed by atoms with E-state index < -0.39 is 10.0 Å². The Labute approximate surface area is 158 Å². The van der Waals surface area contributed by atoms with E-state index in [0.717, 1.165) is 21.6 Å². The number of aryl methyl sites for hydroxylation is 3. The van der Waals surface area contributed by atoms with Gasteiger partial charge in [-0.3, -0.25) is 9.52 Å². The number of nitrogens with one attached hydrogen (secondary N) is 2. The fourth-order valence-electron chi connectivity index (χ4n) is 3.13. The molecule has 1 amide bonds. The van der Waals surface area contributed by atoms with Gasteiger partial charge in [0.1, 0.15) is 0 Å². The van der Waals surface area contributed by atoms with Gasteiger partial charge in [-0.2, -0.15) is 0 Å². The number of fused-ring (bicyclic) bond motifs is 1. The van der Waals surface area contributed by atoms with Gasteiger partial charge in [-0.1, -0.05) is 24.6 Å². The number of hydrogen-bond acceptors (Lipinski definition) is 4. The molecule has 0 aliphatic carbocycles. The lowest BCUT2D eigenvalue weighted by Crippen LogP contribution is -2.16. The molecule has 0 spiro atoms. The number of carbonyl (C=O) groups excluding carboxylic acids is 1. The molecule has 1 atom stereocenters. The monoisotopic (exact) mass is 390 g/mol. The molecule has 26 heavy (non-hydrogen) atoms. The van der Waals surface area contributed by atoms with E-state index in [-0.39, 0.29) is 16.1 Å². The maximum atomic E-state index is 12.9. The molecular formula is C19H22N2O3S2. The van der Waals surface area contributed by atoms with E-state index in [4.69, 9.17) is 0 Å². The molecule has 1 aliphatic rings. The van der Waals surface area contributed by atoms with E-state index >= 15 is 0 Å². The summed E-state index contributed by atoms with van der Waals surface area (Å²) in [6.07, 6.45) is 0.404. The molecule has 3 rings (SSSR count). The molecule has 0 unspecified atom stereocenters. The number of amides is 1. The Morgan fingerprint density at radius 2 is 1.77 bits per heavy atom. The first kappa shape index (κ1) is 18.8. The molecule has 2 N–H and O–H groups in total. The highest BCUT2D eigenvalue weighted by Crippen LogP contribution is 2.36. The summed E-state index contributed by atoms with van der Waals surface area (Å²) in [4.78, 5) is 13.0. The van der Waals surface area contributed by atoms with Crippen LogP contribution in [-0.4, -0.2) is 19.6 Å². The Morgan fingerprint density at radius 3 is 2.42 bits per heavy atom. The average Bonchev–Trinajstić information content (AvgIpc) is 2.66. The van der Waals surface area contributed by atoms with E-state index in [1.807, 2.05) is 39.8 Å². The summed E-state index contributed by atoms with van der Waals surface area (Å²) in [6.45, 7) is 7.72. The minimum Gasteiger partial charge on any atom is -0.325 e. The van der Waals surface area contributed by atoms with Crippen molar-refractivity contribution in [3.8, 4) is 0 Å². The van der Waals surface area contributed by atoms with Crippen LogP contribution in [0.2, 0.25) is 0 Å². The van der Waals surface area contributed by atoms with Crippen molar-refractivity contribution < 1.29 is 13.2 Å². The predicted octanol–water partition coefficient (Wildman–Crippen LogP) is 4.24. The second-order valence-electron chi connectivity index (χ2n) is 6.72. The van der Waals surface area contributed by atoms with Crippen molar-refractivity contribution in [2.75, 3.05) is 10.0 Å². The molecule has 1 aliphatic heterocycles. The van der Waals surface area contributed by atoms with Gasteiger partial charge in [0.2, 0.25) is 5.91 Å². The summed E-state index contributed by atoms with van der Waals surface area (Å²) in [6, 6.07) is 8.75. The molecule has 0 aromatic heterocycles. The van der Waals surface area contributed by atoms with Crippen molar-refractivity contribution >= 4 is 39.1 Å².